The molecule has 2 aromatic heterocycles. The van der Waals surface area contributed by atoms with Crippen LogP contribution in [0.1, 0.15) is 11.3 Å². The molecule has 6 heteroatoms. The van der Waals surface area contributed by atoms with Crippen LogP contribution in [-0.2, 0) is 13.5 Å². The standard InChI is InChI=1S/C16H18N3O2.BrH/c1-18-11-13(19-8-4-7-17-16(18)19)9-12-5-6-14(20-2)15(10-12)21-3;/h4-8,10-11H,9H2,1-3H3;1H/q+1;/p-1. The van der Waals surface area contributed by atoms with E-state index in [4.69, 9.17) is 9.47 Å². The Kier molecular flexibility index (Phi) is 5.03. The van der Waals surface area contributed by atoms with Gasteiger partial charge in [0.05, 0.1) is 27.5 Å². The summed E-state index contributed by atoms with van der Waals surface area (Å²) in [5.41, 5.74) is 2.34. The SMILES string of the molecule is COc1ccc(Cc2c[n+](C)c3ncccn23)cc1OC.[Br-]. The average molecular weight is 364 g/mol. The van der Waals surface area contributed by atoms with Gasteiger partial charge in [-0.15, -0.1) is 0 Å². The molecule has 2 heterocycles. The minimum absolute atomic E-state index is 0. The normalized spacial score (nSPS) is 10.3. The topological polar surface area (TPSA) is 39.6 Å². The maximum atomic E-state index is 5.36. The lowest BCUT2D eigenvalue weighted by Crippen LogP contribution is -3.00. The van der Waals surface area contributed by atoms with Gasteiger partial charge < -0.3 is 26.5 Å². The average Bonchev–Trinajstić information content (AvgIpc) is 2.84. The molecular formula is C16H18BrN3O2. The number of fused-ring (bicyclic) bond motifs is 1. The van der Waals surface area contributed by atoms with Crippen LogP contribution in [0.25, 0.3) is 5.78 Å². The van der Waals surface area contributed by atoms with E-state index in [0.717, 1.165) is 29.3 Å². The molecule has 0 unspecified atom stereocenters. The van der Waals surface area contributed by atoms with Crippen LogP contribution in [-0.4, -0.2) is 23.6 Å². The molecule has 0 spiro atoms. The van der Waals surface area contributed by atoms with Crippen LogP contribution in [0.15, 0.2) is 42.9 Å². The van der Waals surface area contributed by atoms with Gasteiger partial charge in [0.1, 0.15) is 18.1 Å². The fraction of sp³-hybridized carbons (Fsp3) is 0.250. The van der Waals surface area contributed by atoms with E-state index in [1.54, 1.807) is 20.4 Å². The molecule has 1 aromatic carbocycles. The lowest BCUT2D eigenvalue weighted by molar-refractivity contribution is -0.646. The summed E-state index contributed by atoms with van der Waals surface area (Å²) in [5, 5.41) is 0. The Labute approximate surface area is 139 Å². The molecule has 0 aliphatic carbocycles. The fourth-order valence-corrected chi connectivity index (χ4v) is 2.52. The quantitative estimate of drug-likeness (QED) is 0.545. The van der Waals surface area contributed by atoms with Crippen molar-refractivity contribution in [2.45, 2.75) is 6.42 Å². The number of nitrogens with zero attached hydrogens (tertiary/aromatic N) is 3. The first-order chi connectivity index (χ1) is 10.2. The van der Waals surface area contributed by atoms with Crippen LogP contribution in [0.5, 0.6) is 11.5 Å². The number of ether oxygens (including phenoxy) is 2. The molecule has 0 radical (unpaired) electrons. The third-order valence-electron chi connectivity index (χ3n) is 3.53. The molecular weight excluding hydrogens is 346 g/mol. The highest BCUT2D eigenvalue weighted by molar-refractivity contribution is 5.44. The summed E-state index contributed by atoms with van der Waals surface area (Å²) in [4.78, 5) is 4.39. The Bertz CT molecular complexity index is 786. The van der Waals surface area contributed by atoms with Crippen LogP contribution in [0.4, 0.5) is 0 Å². The van der Waals surface area contributed by atoms with Crippen molar-refractivity contribution >= 4 is 5.78 Å². The summed E-state index contributed by atoms with van der Waals surface area (Å²) in [6, 6.07) is 7.93. The smallest absolute Gasteiger partial charge is 0.403 e. The summed E-state index contributed by atoms with van der Waals surface area (Å²) in [6.45, 7) is 0. The maximum absolute atomic E-state index is 5.36. The zero-order valence-electron chi connectivity index (χ0n) is 12.8. The van der Waals surface area contributed by atoms with E-state index in [0.29, 0.717) is 0 Å². The van der Waals surface area contributed by atoms with Crippen molar-refractivity contribution in [3.05, 3.63) is 54.1 Å². The van der Waals surface area contributed by atoms with Crippen LogP contribution in [0, 0.1) is 0 Å². The Morgan fingerprint density at radius 2 is 1.95 bits per heavy atom. The van der Waals surface area contributed by atoms with Crippen molar-refractivity contribution in [1.82, 2.24) is 9.38 Å². The molecule has 116 valence electrons. The molecule has 3 rings (SSSR count). The predicted octanol–water partition coefficient (Wildman–Crippen LogP) is -1.23. The molecule has 0 N–H and O–H groups in total. The van der Waals surface area contributed by atoms with E-state index < -0.39 is 0 Å². The van der Waals surface area contributed by atoms with Gasteiger partial charge in [-0.3, -0.25) is 0 Å². The van der Waals surface area contributed by atoms with E-state index >= 15 is 0 Å². The fourth-order valence-electron chi connectivity index (χ4n) is 2.52. The van der Waals surface area contributed by atoms with E-state index in [-0.39, 0.29) is 17.0 Å². The van der Waals surface area contributed by atoms with Gasteiger partial charge in [0.25, 0.3) is 0 Å². The minimum Gasteiger partial charge on any atom is -1.00 e. The number of halogens is 1. The second-order valence-electron chi connectivity index (χ2n) is 4.89. The molecule has 0 fully saturated rings. The molecule has 0 aliphatic rings. The first kappa shape index (κ1) is 16.3. The second kappa shape index (κ2) is 6.79. The van der Waals surface area contributed by atoms with Crippen molar-refractivity contribution < 1.29 is 31.0 Å². The Balaban J connectivity index is 0.00000176. The number of rotatable bonds is 4. The zero-order valence-corrected chi connectivity index (χ0v) is 14.4. The molecule has 0 amide bonds. The van der Waals surface area contributed by atoms with E-state index in [2.05, 4.69) is 21.6 Å². The number of aryl methyl sites for hydroxylation is 1. The molecule has 0 aliphatic heterocycles. The van der Waals surface area contributed by atoms with Gasteiger partial charge in [-0.25, -0.2) is 8.97 Å². The van der Waals surface area contributed by atoms with Crippen molar-refractivity contribution in [3.63, 3.8) is 0 Å². The highest BCUT2D eigenvalue weighted by Crippen LogP contribution is 2.28. The highest BCUT2D eigenvalue weighted by Gasteiger charge is 2.15. The molecule has 0 saturated carbocycles. The lowest BCUT2D eigenvalue weighted by Gasteiger charge is -2.08. The number of methoxy groups -OCH3 is 2. The monoisotopic (exact) mass is 363 g/mol. The van der Waals surface area contributed by atoms with Gasteiger partial charge in [0.15, 0.2) is 11.5 Å². The van der Waals surface area contributed by atoms with E-state index in [1.807, 2.05) is 36.0 Å². The Morgan fingerprint density at radius 3 is 2.68 bits per heavy atom. The van der Waals surface area contributed by atoms with Gasteiger partial charge in [-0.1, -0.05) is 11.1 Å². The van der Waals surface area contributed by atoms with Gasteiger partial charge >= 0.3 is 5.78 Å². The van der Waals surface area contributed by atoms with Crippen molar-refractivity contribution in [3.8, 4) is 11.5 Å². The van der Waals surface area contributed by atoms with Crippen molar-refractivity contribution in [2.24, 2.45) is 7.05 Å². The third-order valence-corrected chi connectivity index (χ3v) is 3.53. The minimum atomic E-state index is 0. The number of hydrogen-bond acceptors (Lipinski definition) is 3. The predicted molar refractivity (Wildman–Crippen MR) is 78.7 cm³/mol. The van der Waals surface area contributed by atoms with Crippen LogP contribution < -0.4 is 31.0 Å². The first-order valence-electron chi connectivity index (χ1n) is 6.74. The van der Waals surface area contributed by atoms with E-state index in [9.17, 15) is 0 Å². The molecule has 0 bridgehead atoms. The maximum Gasteiger partial charge on any atom is 0.403 e. The number of benzene rings is 1. The molecule has 0 saturated heterocycles. The van der Waals surface area contributed by atoms with Gasteiger partial charge in [0, 0.05) is 12.5 Å². The molecule has 22 heavy (non-hydrogen) atoms. The van der Waals surface area contributed by atoms with Gasteiger partial charge in [-0.2, -0.15) is 0 Å². The van der Waals surface area contributed by atoms with Crippen LogP contribution in [0.3, 0.4) is 0 Å². The zero-order chi connectivity index (χ0) is 14.8. The van der Waals surface area contributed by atoms with Crippen LogP contribution in [0.2, 0.25) is 0 Å². The lowest BCUT2D eigenvalue weighted by atomic mass is 10.1. The second-order valence-corrected chi connectivity index (χ2v) is 4.89. The third kappa shape index (κ3) is 2.92. The summed E-state index contributed by atoms with van der Waals surface area (Å²) < 4.78 is 14.7. The summed E-state index contributed by atoms with van der Waals surface area (Å²) >= 11 is 0. The summed E-state index contributed by atoms with van der Waals surface area (Å²) in [7, 11) is 5.29. The number of hydrogen-bond donors (Lipinski definition) is 0. The highest BCUT2D eigenvalue weighted by atomic mass is 79.9. The van der Waals surface area contributed by atoms with Crippen LogP contribution >= 0.6 is 0 Å². The van der Waals surface area contributed by atoms with Crippen molar-refractivity contribution in [2.75, 3.05) is 14.2 Å². The molecule has 0 atom stereocenters. The van der Waals surface area contributed by atoms with Gasteiger partial charge in [0.2, 0.25) is 0 Å². The number of aromatic nitrogens is 3. The van der Waals surface area contributed by atoms with E-state index in [1.165, 1.54) is 5.69 Å². The Hall–Kier alpha value is -2.08. The number of imidazole rings is 1. The summed E-state index contributed by atoms with van der Waals surface area (Å²) in [5.74, 6) is 2.42. The van der Waals surface area contributed by atoms with Crippen molar-refractivity contribution in [1.29, 1.82) is 0 Å². The molecule has 5 nitrogen and oxygen atoms in total. The first-order valence-corrected chi connectivity index (χ1v) is 6.74. The Morgan fingerprint density at radius 1 is 1.18 bits per heavy atom. The summed E-state index contributed by atoms with van der Waals surface area (Å²) in [6.07, 6.45) is 6.72. The largest absolute Gasteiger partial charge is 1.00 e. The van der Waals surface area contributed by atoms with Gasteiger partial charge in [-0.05, 0) is 17.7 Å². The molecule has 3 aromatic rings.